The predicted molar refractivity (Wildman–Crippen MR) is 91.4 cm³/mol. The highest BCUT2D eigenvalue weighted by atomic mass is 35.5. The van der Waals surface area contributed by atoms with Crippen molar-refractivity contribution in [3.8, 4) is 0 Å². The third-order valence-corrected chi connectivity index (χ3v) is 4.72. The van der Waals surface area contributed by atoms with Gasteiger partial charge in [0.1, 0.15) is 0 Å². The van der Waals surface area contributed by atoms with E-state index in [1.165, 1.54) is 13.1 Å². The van der Waals surface area contributed by atoms with Crippen LogP contribution in [0.3, 0.4) is 0 Å². The van der Waals surface area contributed by atoms with Gasteiger partial charge in [-0.05, 0) is 31.2 Å². The van der Waals surface area contributed by atoms with Crippen molar-refractivity contribution in [1.82, 2.24) is 15.1 Å². The van der Waals surface area contributed by atoms with Crippen molar-refractivity contribution in [1.29, 1.82) is 0 Å². The number of nitrogens with one attached hydrogen (secondary N) is 1. The Kier molecular flexibility index (Phi) is 6.77. The molecule has 1 heterocycles. The topological polar surface area (TPSA) is 18.5 Å². The molecule has 0 aliphatic carbocycles. The SMILES string of the molecule is CCC(NCCN1CCN(C)CC1)c1ccc(Cl)cc1Cl. The molecule has 21 heavy (non-hydrogen) atoms. The summed E-state index contributed by atoms with van der Waals surface area (Å²) in [5.74, 6) is 0. The van der Waals surface area contributed by atoms with Crippen LogP contribution in [0.2, 0.25) is 10.0 Å². The molecular weight excluding hydrogens is 305 g/mol. The minimum atomic E-state index is 0.294. The summed E-state index contributed by atoms with van der Waals surface area (Å²) in [6, 6.07) is 6.06. The summed E-state index contributed by atoms with van der Waals surface area (Å²) in [5.41, 5.74) is 1.14. The Balaban J connectivity index is 1.82. The van der Waals surface area contributed by atoms with Crippen molar-refractivity contribution in [2.24, 2.45) is 0 Å². The average molecular weight is 330 g/mol. The molecule has 1 atom stereocenters. The summed E-state index contributed by atoms with van der Waals surface area (Å²) in [4.78, 5) is 4.90. The number of hydrogen-bond acceptors (Lipinski definition) is 3. The maximum absolute atomic E-state index is 6.31. The molecule has 1 aromatic carbocycles. The Labute approximate surface area is 138 Å². The van der Waals surface area contributed by atoms with Crippen molar-refractivity contribution in [3.05, 3.63) is 33.8 Å². The minimum Gasteiger partial charge on any atom is -0.309 e. The first-order chi connectivity index (χ1) is 10.1. The Bertz CT molecular complexity index is 445. The smallest absolute Gasteiger partial charge is 0.0468 e. The van der Waals surface area contributed by atoms with Gasteiger partial charge in [-0.1, -0.05) is 36.2 Å². The maximum Gasteiger partial charge on any atom is 0.0468 e. The number of piperazine rings is 1. The molecular formula is C16H25Cl2N3. The van der Waals surface area contributed by atoms with Crippen molar-refractivity contribution < 1.29 is 0 Å². The van der Waals surface area contributed by atoms with Crippen LogP contribution in [0.15, 0.2) is 18.2 Å². The minimum absolute atomic E-state index is 0.294. The van der Waals surface area contributed by atoms with Crippen LogP contribution in [-0.2, 0) is 0 Å². The molecule has 2 rings (SSSR count). The predicted octanol–water partition coefficient (Wildman–Crippen LogP) is 3.28. The summed E-state index contributed by atoms with van der Waals surface area (Å²) in [6.45, 7) is 8.92. The fraction of sp³-hybridized carbons (Fsp3) is 0.625. The molecule has 1 N–H and O–H groups in total. The third-order valence-electron chi connectivity index (χ3n) is 4.16. The molecule has 1 aromatic rings. The van der Waals surface area contributed by atoms with Crippen LogP contribution >= 0.6 is 23.2 Å². The molecule has 0 saturated carbocycles. The lowest BCUT2D eigenvalue weighted by Gasteiger charge is -2.32. The first-order valence-corrected chi connectivity index (χ1v) is 8.45. The van der Waals surface area contributed by atoms with E-state index in [0.29, 0.717) is 11.1 Å². The molecule has 1 saturated heterocycles. The molecule has 118 valence electrons. The number of likely N-dealkylation sites (N-methyl/N-ethyl adjacent to an activating group) is 1. The number of rotatable bonds is 6. The molecule has 1 fully saturated rings. The van der Waals surface area contributed by atoms with E-state index in [1.54, 1.807) is 0 Å². The molecule has 1 unspecified atom stereocenters. The normalized spacial score (nSPS) is 18.9. The standard InChI is InChI=1S/C16H25Cl2N3/c1-3-16(14-5-4-13(17)12-15(14)18)19-6-7-21-10-8-20(2)9-11-21/h4-5,12,16,19H,3,6-11H2,1-2H3. The summed E-state index contributed by atoms with van der Waals surface area (Å²) in [6.07, 6.45) is 1.02. The van der Waals surface area contributed by atoms with E-state index in [2.05, 4.69) is 29.1 Å². The van der Waals surface area contributed by atoms with Gasteiger partial charge in [0.2, 0.25) is 0 Å². The van der Waals surface area contributed by atoms with Gasteiger partial charge in [-0.15, -0.1) is 0 Å². The van der Waals surface area contributed by atoms with E-state index < -0.39 is 0 Å². The number of halogens is 2. The fourth-order valence-corrected chi connectivity index (χ4v) is 3.27. The number of hydrogen-bond donors (Lipinski definition) is 1. The fourth-order valence-electron chi connectivity index (χ4n) is 2.73. The van der Waals surface area contributed by atoms with Crippen LogP contribution < -0.4 is 5.32 Å². The second-order valence-corrected chi connectivity index (χ2v) is 6.57. The largest absolute Gasteiger partial charge is 0.309 e. The van der Waals surface area contributed by atoms with Crippen molar-refractivity contribution in [2.45, 2.75) is 19.4 Å². The first-order valence-electron chi connectivity index (χ1n) is 7.69. The van der Waals surface area contributed by atoms with Crippen molar-refractivity contribution >= 4 is 23.2 Å². The van der Waals surface area contributed by atoms with Crippen LogP contribution in [0, 0.1) is 0 Å². The van der Waals surface area contributed by atoms with E-state index >= 15 is 0 Å². The van der Waals surface area contributed by atoms with Gasteiger partial charge in [0, 0.05) is 55.4 Å². The second-order valence-electron chi connectivity index (χ2n) is 5.73. The monoisotopic (exact) mass is 329 g/mol. The molecule has 0 amide bonds. The molecule has 3 nitrogen and oxygen atoms in total. The van der Waals surface area contributed by atoms with Crippen molar-refractivity contribution in [2.75, 3.05) is 46.3 Å². The molecule has 0 bridgehead atoms. The number of benzene rings is 1. The van der Waals surface area contributed by atoms with Gasteiger partial charge in [0.25, 0.3) is 0 Å². The Morgan fingerprint density at radius 1 is 1.19 bits per heavy atom. The summed E-state index contributed by atoms with van der Waals surface area (Å²) in [5, 5.41) is 5.06. The van der Waals surface area contributed by atoms with E-state index in [-0.39, 0.29) is 0 Å². The van der Waals surface area contributed by atoms with E-state index in [9.17, 15) is 0 Å². The Morgan fingerprint density at radius 3 is 2.52 bits per heavy atom. The van der Waals surface area contributed by atoms with Crippen LogP contribution in [0.25, 0.3) is 0 Å². The first kappa shape index (κ1) is 17.0. The maximum atomic E-state index is 6.31. The summed E-state index contributed by atoms with van der Waals surface area (Å²) in [7, 11) is 2.19. The van der Waals surface area contributed by atoms with Gasteiger partial charge in [-0.2, -0.15) is 0 Å². The number of nitrogens with zero attached hydrogens (tertiary/aromatic N) is 2. The molecule has 1 aliphatic rings. The van der Waals surface area contributed by atoms with E-state index in [1.807, 2.05) is 18.2 Å². The second kappa shape index (κ2) is 8.35. The third kappa shape index (κ3) is 5.11. The zero-order valence-corrected chi connectivity index (χ0v) is 14.4. The molecule has 5 heteroatoms. The highest BCUT2D eigenvalue weighted by molar-refractivity contribution is 6.35. The zero-order chi connectivity index (χ0) is 15.2. The lowest BCUT2D eigenvalue weighted by atomic mass is 10.0. The van der Waals surface area contributed by atoms with Gasteiger partial charge in [0.15, 0.2) is 0 Å². The van der Waals surface area contributed by atoms with Crippen LogP contribution in [0.4, 0.5) is 0 Å². The summed E-state index contributed by atoms with van der Waals surface area (Å²) >= 11 is 12.3. The highest BCUT2D eigenvalue weighted by Gasteiger charge is 2.15. The van der Waals surface area contributed by atoms with Gasteiger partial charge in [0.05, 0.1) is 0 Å². The van der Waals surface area contributed by atoms with Crippen LogP contribution in [0.5, 0.6) is 0 Å². The lowest BCUT2D eigenvalue weighted by Crippen LogP contribution is -2.46. The van der Waals surface area contributed by atoms with E-state index in [4.69, 9.17) is 23.2 Å². The van der Waals surface area contributed by atoms with Gasteiger partial charge < -0.3 is 10.2 Å². The van der Waals surface area contributed by atoms with Crippen molar-refractivity contribution in [3.63, 3.8) is 0 Å². The van der Waals surface area contributed by atoms with Gasteiger partial charge in [-0.25, -0.2) is 0 Å². The van der Waals surface area contributed by atoms with Crippen LogP contribution in [0.1, 0.15) is 24.9 Å². The lowest BCUT2D eigenvalue weighted by molar-refractivity contribution is 0.153. The van der Waals surface area contributed by atoms with Gasteiger partial charge >= 0.3 is 0 Å². The Morgan fingerprint density at radius 2 is 1.90 bits per heavy atom. The molecule has 0 radical (unpaired) electrons. The van der Waals surface area contributed by atoms with E-state index in [0.717, 1.165) is 43.2 Å². The summed E-state index contributed by atoms with van der Waals surface area (Å²) < 4.78 is 0. The average Bonchev–Trinajstić information content (AvgIpc) is 2.46. The highest BCUT2D eigenvalue weighted by Crippen LogP contribution is 2.27. The van der Waals surface area contributed by atoms with Gasteiger partial charge in [-0.3, -0.25) is 4.90 Å². The zero-order valence-electron chi connectivity index (χ0n) is 12.9. The quantitative estimate of drug-likeness (QED) is 0.864. The van der Waals surface area contributed by atoms with Crippen LogP contribution in [-0.4, -0.2) is 56.1 Å². The molecule has 0 aromatic heterocycles. The molecule has 1 aliphatic heterocycles. The Hall–Kier alpha value is -0.320. The molecule has 0 spiro atoms.